The average molecular weight is 311 g/mol. The van der Waals surface area contributed by atoms with Crippen molar-refractivity contribution in [2.75, 3.05) is 4.72 Å². The van der Waals surface area contributed by atoms with Crippen molar-refractivity contribution in [2.45, 2.75) is 25.2 Å². The highest BCUT2D eigenvalue weighted by molar-refractivity contribution is 7.92. The van der Waals surface area contributed by atoms with Gasteiger partial charge in [-0.05, 0) is 24.1 Å². The first-order chi connectivity index (χ1) is 9.83. The quantitative estimate of drug-likeness (QED) is 0.856. The smallest absolute Gasteiger partial charge is 0.336 e. The molecule has 21 heavy (non-hydrogen) atoms. The van der Waals surface area contributed by atoms with Gasteiger partial charge in [-0.3, -0.25) is 0 Å². The minimum Gasteiger partial charge on any atom is -0.478 e. The van der Waals surface area contributed by atoms with Crippen LogP contribution in [0.1, 0.15) is 28.7 Å². The highest BCUT2D eigenvalue weighted by atomic mass is 32.2. The van der Waals surface area contributed by atoms with Gasteiger partial charge in [0.15, 0.2) is 0 Å². The van der Waals surface area contributed by atoms with E-state index in [0.717, 1.165) is 6.07 Å². The molecular formula is C12H13N3O5S. The zero-order chi connectivity index (χ0) is 15.6. The van der Waals surface area contributed by atoms with Gasteiger partial charge in [-0.15, -0.1) is 5.10 Å². The molecule has 0 radical (unpaired) electrons. The number of nitrogens with zero attached hydrogens (tertiary/aromatic N) is 2. The standard InChI is InChI=1S/C12H13N3O5S/c1-3-8-4-5-9(6-10(8)11(16)17)21(18,19)15-12-14-13-7(2)20-12/h4-6H,3H2,1-2H3,(H,14,15)(H,16,17). The summed E-state index contributed by atoms with van der Waals surface area (Å²) in [6.45, 7) is 3.30. The van der Waals surface area contributed by atoms with Crippen molar-refractivity contribution in [3.8, 4) is 0 Å². The number of carboxylic acid groups (broad SMARTS) is 1. The number of rotatable bonds is 5. The Morgan fingerprint density at radius 3 is 2.62 bits per heavy atom. The molecule has 0 bridgehead atoms. The molecular weight excluding hydrogens is 298 g/mol. The maximum Gasteiger partial charge on any atom is 0.336 e. The van der Waals surface area contributed by atoms with Crippen LogP contribution in [0.3, 0.4) is 0 Å². The van der Waals surface area contributed by atoms with Gasteiger partial charge >= 0.3 is 12.0 Å². The van der Waals surface area contributed by atoms with Crippen LogP contribution in [0.5, 0.6) is 0 Å². The van der Waals surface area contributed by atoms with E-state index in [4.69, 9.17) is 9.52 Å². The molecule has 0 aliphatic rings. The molecule has 0 aliphatic carbocycles. The molecule has 0 amide bonds. The largest absolute Gasteiger partial charge is 0.478 e. The van der Waals surface area contributed by atoms with Crippen LogP contribution in [0.2, 0.25) is 0 Å². The lowest BCUT2D eigenvalue weighted by Crippen LogP contribution is -2.14. The Labute approximate surface area is 120 Å². The van der Waals surface area contributed by atoms with E-state index in [0.29, 0.717) is 12.0 Å². The van der Waals surface area contributed by atoms with Crippen molar-refractivity contribution in [3.05, 3.63) is 35.2 Å². The first-order valence-electron chi connectivity index (χ1n) is 6.02. The van der Waals surface area contributed by atoms with Crippen molar-refractivity contribution in [3.63, 3.8) is 0 Å². The predicted octanol–water partition coefficient (Wildman–Crippen LogP) is 1.44. The minimum absolute atomic E-state index is 0.0536. The highest BCUT2D eigenvalue weighted by Gasteiger charge is 2.20. The Morgan fingerprint density at radius 2 is 2.10 bits per heavy atom. The SMILES string of the molecule is CCc1ccc(S(=O)(=O)Nc2nnc(C)o2)cc1C(=O)O. The Hall–Kier alpha value is -2.42. The molecule has 0 atom stereocenters. The van der Waals surface area contributed by atoms with E-state index in [1.54, 1.807) is 6.92 Å². The van der Waals surface area contributed by atoms with Crippen molar-refractivity contribution in [2.24, 2.45) is 0 Å². The predicted molar refractivity (Wildman–Crippen MR) is 72.6 cm³/mol. The molecule has 9 heteroatoms. The highest BCUT2D eigenvalue weighted by Crippen LogP contribution is 2.19. The van der Waals surface area contributed by atoms with Gasteiger partial charge in [0.1, 0.15) is 0 Å². The monoisotopic (exact) mass is 311 g/mol. The second-order valence-electron chi connectivity index (χ2n) is 4.21. The van der Waals surface area contributed by atoms with Crippen LogP contribution in [0.25, 0.3) is 0 Å². The Balaban J connectivity index is 2.40. The zero-order valence-corrected chi connectivity index (χ0v) is 12.1. The number of hydrogen-bond acceptors (Lipinski definition) is 6. The first-order valence-corrected chi connectivity index (χ1v) is 7.51. The van der Waals surface area contributed by atoms with Gasteiger partial charge in [0.05, 0.1) is 10.5 Å². The Kier molecular flexibility index (Phi) is 3.94. The van der Waals surface area contributed by atoms with Gasteiger partial charge in [-0.2, -0.15) is 0 Å². The van der Waals surface area contributed by atoms with E-state index in [2.05, 4.69) is 14.9 Å². The van der Waals surface area contributed by atoms with Crippen LogP contribution >= 0.6 is 0 Å². The van der Waals surface area contributed by atoms with E-state index >= 15 is 0 Å². The maximum absolute atomic E-state index is 12.2. The van der Waals surface area contributed by atoms with E-state index in [-0.39, 0.29) is 22.4 Å². The molecule has 0 unspecified atom stereocenters. The van der Waals surface area contributed by atoms with E-state index in [1.165, 1.54) is 19.1 Å². The van der Waals surface area contributed by atoms with Gasteiger partial charge in [0.25, 0.3) is 10.0 Å². The number of carbonyl (C=O) groups is 1. The summed E-state index contributed by atoms with van der Waals surface area (Å²) < 4.78 is 31.3. The Morgan fingerprint density at radius 1 is 1.38 bits per heavy atom. The fraction of sp³-hybridized carbons (Fsp3) is 0.250. The van der Waals surface area contributed by atoms with Gasteiger partial charge in [0.2, 0.25) is 5.89 Å². The van der Waals surface area contributed by atoms with E-state index < -0.39 is 16.0 Å². The second kappa shape index (κ2) is 5.52. The van der Waals surface area contributed by atoms with Crippen LogP contribution < -0.4 is 4.72 Å². The third-order valence-corrected chi connectivity index (χ3v) is 4.07. The lowest BCUT2D eigenvalue weighted by atomic mass is 10.1. The number of nitrogens with one attached hydrogen (secondary N) is 1. The summed E-state index contributed by atoms with van der Waals surface area (Å²) >= 11 is 0. The molecule has 2 rings (SSSR count). The molecule has 0 fully saturated rings. The summed E-state index contributed by atoms with van der Waals surface area (Å²) in [6.07, 6.45) is 0.484. The third kappa shape index (κ3) is 3.19. The van der Waals surface area contributed by atoms with Crippen molar-refractivity contribution in [1.29, 1.82) is 0 Å². The normalized spacial score (nSPS) is 11.3. The summed E-state index contributed by atoms with van der Waals surface area (Å²) in [7, 11) is -3.99. The summed E-state index contributed by atoms with van der Waals surface area (Å²) in [5.74, 6) is -0.974. The number of aromatic carboxylic acids is 1. The van der Waals surface area contributed by atoms with Crippen LogP contribution in [-0.4, -0.2) is 29.7 Å². The van der Waals surface area contributed by atoms with Gasteiger partial charge in [0, 0.05) is 6.92 Å². The fourth-order valence-corrected chi connectivity index (χ4v) is 2.69. The molecule has 8 nitrogen and oxygen atoms in total. The fourth-order valence-electron chi connectivity index (χ4n) is 1.74. The van der Waals surface area contributed by atoms with E-state index in [1.807, 2.05) is 0 Å². The molecule has 2 aromatic rings. The lowest BCUT2D eigenvalue weighted by molar-refractivity contribution is 0.0695. The van der Waals surface area contributed by atoms with Crippen LogP contribution in [-0.2, 0) is 16.4 Å². The van der Waals surface area contributed by atoms with Gasteiger partial charge in [-0.1, -0.05) is 18.1 Å². The van der Waals surface area contributed by atoms with Crippen molar-refractivity contribution in [1.82, 2.24) is 10.2 Å². The summed E-state index contributed by atoms with van der Waals surface area (Å²) in [5.41, 5.74) is 0.497. The lowest BCUT2D eigenvalue weighted by Gasteiger charge is -2.08. The number of aryl methyl sites for hydroxylation is 2. The van der Waals surface area contributed by atoms with E-state index in [9.17, 15) is 13.2 Å². The van der Waals surface area contributed by atoms with Gasteiger partial charge in [-0.25, -0.2) is 17.9 Å². The maximum atomic E-state index is 12.2. The second-order valence-corrected chi connectivity index (χ2v) is 5.89. The van der Waals surface area contributed by atoms with Gasteiger partial charge < -0.3 is 9.52 Å². The average Bonchev–Trinajstić information content (AvgIpc) is 2.82. The number of hydrogen-bond donors (Lipinski definition) is 2. The zero-order valence-electron chi connectivity index (χ0n) is 11.3. The Bertz CT molecular complexity index is 782. The molecule has 0 aliphatic heterocycles. The summed E-state index contributed by atoms with van der Waals surface area (Å²) in [5, 5.41) is 16.1. The van der Waals surface area contributed by atoms with Crippen molar-refractivity contribution < 1.29 is 22.7 Å². The third-order valence-electron chi connectivity index (χ3n) is 2.75. The topological polar surface area (TPSA) is 122 Å². The molecule has 2 N–H and O–H groups in total. The summed E-state index contributed by atoms with van der Waals surface area (Å²) in [4.78, 5) is 11.0. The summed E-state index contributed by atoms with van der Waals surface area (Å²) in [6, 6.07) is 3.63. The molecule has 1 aromatic carbocycles. The number of carboxylic acids is 1. The van der Waals surface area contributed by atoms with Crippen molar-refractivity contribution >= 4 is 22.0 Å². The molecule has 0 saturated heterocycles. The molecule has 112 valence electrons. The van der Waals surface area contributed by atoms with Crippen LogP contribution in [0.15, 0.2) is 27.5 Å². The number of benzene rings is 1. The number of sulfonamides is 1. The first kappa shape index (κ1) is 15.0. The number of anilines is 1. The molecule has 1 aromatic heterocycles. The van der Waals surface area contributed by atoms with Crippen LogP contribution in [0, 0.1) is 6.92 Å². The van der Waals surface area contributed by atoms with Crippen LogP contribution in [0.4, 0.5) is 6.01 Å². The minimum atomic E-state index is -3.99. The number of aromatic nitrogens is 2. The molecule has 0 saturated carbocycles. The molecule has 1 heterocycles. The molecule has 0 spiro atoms.